The molecule has 2 aromatic carbocycles. The van der Waals surface area contributed by atoms with Crippen molar-refractivity contribution >= 4 is 11.4 Å². The molecule has 0 spiro atoms. The summed E-state index contributed by atoms with van der Waals surface area (Å²) in [5.74, 6) is 0. The van der Waals surface area contributed by atoms with Crippen molar-refractivity contribution in [3.05, 3.63) is 72.9 Å². The van der Waals surface area contributed by atoms with Gasteiger partial charge < -0.3 is 15.5 Å². The highest BCUT2D eigenvalue weighted by Crippen LogP contribution is 2.28. The average molecular weight is 442 g/mol. The lowest BCUT2D eigenvalue weighted by atomic mass is 10.1. The van der Waals surface area contributed by atoms with E-state index in [1.165, 1.54) is 43.4 Å². The number of nitrogens with one attached hydrogen (secondary N) is 2. The molecule has 3 heteroatoms. The normalized spacial score (nSPS) is 10.1. The molecule has 182 valence electrons. The maximum absolute atomic E-state index is 3.98. The molecule has 0 bridgehead atoms. The molecule has 0 amide bonds. The smallest absolute Gasteiger partial charge is 0.0644 e. The van der Waals surface area contributed by atoms with Gasteiger partial charge in [-0.25, -0.2) is 0 Å². The first-order chi connectivity index (χ1) is 15.7. The number of para-hydroxylation sites is 2. The Morgan fingerprint density at radius 1 is 0.875 bits per heavy atom. The minimum Gasteiger partial charge on any atom is -0.386 e. The predicted molar refractivity (Wildman–Crippen MR) is 149 cm³/mol. The topological polar surface area (TPSA) is 27.3 Å². The number of unbranched alkanes of at least 4 members (excludes halogenated alkanes) is 3. The first-order valence-electron chi connectivity index (χ1n) is 12.5. The summed E-state index contributed by atoms with van der Waals surface area (Å²) in [7, 11) is 3.92. The Balaban J connectivity index is 0. The molecule has 0 aliphatic carbocycles. The number of hydrogen-bond acceptors (Lipinski definition) is 3. The van der Waals surface area contributed by atoms with Gasteiger partial charge in [-0.15, -0.1) is 0 Å². The van der Waals surface area contributed by atoms with Gasteiger partial charge in [0.25, 0.3) is 0 Å². The number of nitrogens with zero attached hydrogens (tertiary/aromatic N) is 1. The lowest BCUT2D eigenvalue weighted by Crippen LogP contribution is -2.28. The quantitative estimate of drug-likeness (QED) is 0.342. The summed E-state index contributed by atoms with van der Waals surface area (Å²) in [5, 5.41) is 6.34. The van der Waals surface area contributed by atoms with Crippen molar-refractivity contribution in [1.82, 2.24) is 5.32 Å². The van der Waals surface area contributed by atoms with E-state index in [9.17, 15) is 0 Å². The highest BCUT2D eigenvalue weighted by Gasteiger charge is 2.13. The monoisotopic (exact) mass is 441 g/mol. The van der Waals surface area contributed by atoms with Crippen molar-refractivity contribution in [2.75, 3.05) is 24.3 Å². The zero-order chi connectivity index (χ0) is 24.6. The van der Waals surface area contributed by atoms with Gasteiger partial charge in [0.05, 0.1) is 11.4 Å². The van der Waals surface area contributed by atoms with Gasteiger partial charge in [-0.3, -0.25) is 0 Å². The zero-order valence-corrected chi connectivity index (χ0v) is 22.2. The molecule has 0 aromatic heterocycles. The molecule has 0 radical (unpaired) electrons. The van der Waals surface area contributed by atoms with Crippen molar-refractivity contribution in [3.8, 4) is 0 Å². The zero-order valence-electron chi connectivity index (χ0n) is 22.2. The third-order valence-corrected chi connectivity index (χ3v) is 4.82. The van der Waals surface area contributed by atoms with Gasteiger partial charge in [-0.1, -0.05) is 109 Å². The summed E-state index contributed by atoms with van der Waals surface area (Å²) in [4.78, 5) is 2.28. The Kier molecular flexibility index (Phi) is 23.3. The van der Waals surface area contributed by atoms with E-state index in [4.69, 9.17) is 0 Å². The molecule has 0 saturated heterocycles. The van der Waals surface area contributed by atoms with Crippen LogP contribution in [0.25, 0.3) is 0 Å². The fraction of sp³-hybridized carbons (Fsp3) is 0.517. The molecular weight excluding hydrogens is 390 g/mol. The number of anilines is 2. The van der Waals surface area contributed by atoms with Crippen LogP contribution in [0.5, 0.6) is 0 Å². The van der Waals surface area contributed by atoms with Gasteiger partial charge in [0, 0.05) is 19.6 Å². The first kappa shape index (κ1) is 31.9. The van der Waals surface area contributed by atoms with Crippen LogP contribution in [0.1, 0.15) is 79.2 Å². The van der Waals surface area contributed by atoms with E-state index >= 15 is 0 Å². The Bertz CT molecular complexity index is 640. The Morgan fingerprint density at radius 3 is 2.00 bits per heavy atom. The summed E-state index contributed by atoms with van der Waals surface area (Å²) in [6.45, 7) is 17.5. The van der Waals surface area contributed by atoms with Gasteiger partial charge in [-0.2, -0.15) is 0 Å². The van der Waals surface area contributed by atoms with Crippen molar-refractivity contribution in [2.45, 2.75) is 86.2 Å². The SMILES string of the molecule is C=CN(c1ccccc1NC)C(C)CCCCCC.CC.CC.CNCc1ccccc1. The summed E-state index contributed by atoms with van der Waals surface area (Å²) < 4.78 is 0. The van der Waals surface area contributed by atoms with E-state index in [0.717, 1.165) is 12.2 Å². The van der Waals surface area contributed by atoms with Gasteiger partial charge >= 0.3 is 0 Å². The molecule has 2 aromatic rings. The van der Waals surface area contributed by atoms with Crippen LogP contribution in [0.4, 0.5) is 11.4 Å². The molecule has 1 unspecified atom stereocenters. The molecular formula is C29H51N3. The van der Waals surface area contributed by atoms with E-state index in [-0.39, 0.29) is 0 Å². The van der Waals surface area contributed by atoms with E-state index in [0.29, 0.717) is 6.04 Å². The fourth-order valence-corrected chi connectivity index (χ4v) is 3.23. The number of benzene rings is 2. The van der Waals surface area contributed by atoms with Crippen LogP contribution >= 0.6 is 0 Å². The number of rotatable bonds is 11. The predicted octanol–water partition coefficient (Wildman–Crippen LogP) is 8.50. The lowest BCUT2D eigenvalue weighted by molar-refractivity contribution is 0.565. The Hall–Kier alpha value is -2.26. The third-order valence-electron chi connectivity index (χ3n) is 4.82. The van der Waals surface area contributed by atoms with E-state index in [2.05, 4.69) is 72.4 Å². The Labute approximate surface area is 200 Å². The largest absolute Gasteiger partial charge is 0.386 e. The standard InChI is InChI=1S/C17H28N2.C8H11N.2C2H6/c1-5-7-8-9-12-15(3)19(6-2)17-14-11-10-13-16(17)18-4;1-9-7-8-5-3-2-4-6-8;2*1-2/h6,10-11,13-15,18H,2,5,7-9,12H2,1,3-4H3;2-6,9H,7H2,1H3;2*1-2H3. The summed E-state index contributed by atoms with van der Waals surface area (Å²) in [6, 6.07) is 19.2. The molecule has 0 saturated carbocycles. The van der Waals surface area contributed by atoms with Gasteiger partial charge in [0.15, 0.2) is 0 Å². The fourth-order valence-electron chi connectivity index (χ4n) is 3.23. The average Bonchev–Trinajstić information content (AvgIpc) is 2.86. The van der Waals surface area contributed by atoms with Crippen LogP contribution in [-0.2, 0) is 6.54 Å². The second-order valence-corrected chi connectivity index (χ2v) is 7.07. The number of hydrogen-bond donors (Lipinski definition) is 2. The highest BCUT2D eigenvalue weighted by molar-refractivity contribution is 5.71. The summed E-state index contributed by atoms with van der Waals surface area (Å²) >= 11 is 0. The van der Waals surface area contributed by atoms with E-state index in [1.54, 1.807) is 0 Å². The van der Waals surface area contributed by atoms with Crippen LogP contribution in [0.2, 0.25) is 0 Å². The molecule has 32 heavy (non-hydrogen) atoms. The van der Waals surface area contributed by atoms with Crippen LogP contribution in [0, 0.1) is 0 Å². The molecule has 2 rings (SSSR count). The maximum Gasteiger partial charge on any atom is 0.0644 e. The highest BCUT2D eigenvalue weighted by atomic mass is 15.2. The molecule has 2 N–H and O–H groups in total. The first-order valence-corrected chi connectivity index (χ1v) is 12.5. The van der Waals surface area contributed by atoms with Crippen molar-refractivity contribution in [1.29, 1.82) is 0 Å². The van der Waals surface area contributed by atoms with Crippen molar-refractivity contribution < 1.29 is 0 Å². The molecule has 0 aliphatic rings. The van der Waals surface area contributed by atoms with Crippen LogP contribution in [0.15, 0.2) is 67.4 Å². The van der Waals surface area contributed by atoms with Crippen LogP contribution < -0.4 is 15.5 Å². The summed E-state index contributed by atoms with van der Waals surface area (Å²) in [6.07, 6.45) is 8.42. The van der Waals surface area contributed by atoms with Gasteiger partial charge in [0.1, 0.15) is 0 Å². The molecule has 0 fully saturated rings. The molecule has 1 atom stereocenters. The molecule has 0 aliphatic heterocycles. The van der Waals surface area contributed by atoms with E-state index < -0.39 is 0 Å². The minimum atomic E-state index is 0.490. The van der Waals surface area contributed by atoms with Crippen LogP contribution in [-0.4, -0.2) is 20.1 Å². The minimum absolute atomic E-state index is 0.490. The van der Waals surface area contributed by atoms with Crippen molar-refractivity contribution in [2.24, 2.45) is 0 Å². The Morgan fingerprint density at radius 2 is 1.47 bits per heavy atom. The van der Waals surface area contributed by atoms with Crippen LogP contribution in [0.3, 0.4) is 0 Å². The van der Waals surface area contributed by atoms with Crippen molar-refractivity contribution in [3.63, 3.8) is 0 Å². The summed E-state index contributed by atoms with van der Waals surface area (Å²) in [5.41, 5.74) is 3.70. The molecule has 0 heterocycles. The maximum atomic E-state index is 3.98. The second-order valence-electron chi connectivity index (χ2n) is 7.07. The lowest BCUT2D eigenvalue weighted by Gasteiger charge is -2.29. The van der Waals surface area contributed by atoms with Gasteiger partial charge in [0.2, 0.25) is 0 Å². The second kappa shape index (κ2) is 23.4. The van der Waals surface area contributed by atoms with E-state index in [1.807, 2.05) is 66.2 Å². The molecule has 3 nitrogen and oxygen atoms in total. The third kappa shape index (κ3) is 13.9. The van der Waals surface area contributed by atoms with Gasteiger partial charge in [-0.05, 0) is 44.3 Å².